The van der Waals surface area contributed by atoms with E-state index in [1.807, 2.05) is 20.9 Å². The number of nitrogens with one attached hydrogen (secondary N) is 2. The van der Waals surface area contributed by atoms with E-state index in [0.29, 0.717) is 36.1 Å². The van der Waals surface area contributed by atoms with Crippen LogP contribution < -0.4 is 10.6 Å². The van der Waals surface area contributed by atoms with E-state index in [9.17, 15) is 9.90 Å². The van der Waals surface area contributed by atoms with E-state index < -0.39 is 0 Å². The summed E-state index contributed by atoms with van der Waals surface area (Å²) >= 11 is 0. The highest BCUT2D eigenvalue weighted by Crippen LogP contribution is 2.68. The van der Waals surface area contributed by atoms with Crippen molar-refractivity contribution in [2.24, 2.45) is 46.3 Å². The summed E-state index contributed by atoms with van der Waals surface area (Å²) in [6, 6.07) is 0. The first kappa shape index (κ1) is 27.6. The Hall–Kier alpha value is -1.03. The lowest BCUT2D eigenvalue weighted by Gasteiger charge is -2.62. The summed E-state index contributed by atoms with van der Waals surface area (Å²) in [6.45, 7) is 15.7. The molecule has 0 heterocycles. The predicted molar refractivity (Wildman–Crippen MR) is 142 cm³/mol. The van der Waals surface area contributed by atoms with E-state index in [1.54, 1.807) is 0 Å². The van der Waals surface area contributed by atoms with Crippen LogP contribution in [0, 0.1) is 46.3 Å². The molecule has 0 saturated heterocycles. The summed E-state index contributed by atoms with van der Waals surface area (Å²) in [5.74, 6) is 4.18. The van der Waals surface area contributed by atoms with Crippen LogP contribution in [0.3, 0.4) is 0 Å². The summed E-state index contributed by atoms with van der Waals surface area (Å²) < 4.78 is 0. The molecule has 4 saturated carbocycles. The number of likely N-dealkylation sites (N-methyl/N-ethyl adjacent to an activating group) is 1. The van der Waals surface area contributed by atoms with Crippen molar-refractivity contribution in [3.8, 4) is 0 Å². The van der Waals surface area contributed by atoms with E-state index in [-0.39, 0.29) is 17.4 Å². The minimum Gasteiger partial charge on any atom is -0.393 e. The van der Waals surface area contributed by atoms with Crippen LogP contribution in [-0.4, -0.2) is 30.7 Å². The molecular formula is C30H54N2O2. The molecule has 7 unspecified atom stereocenters. The molecule has 0 aromatic heterocycles. The Kier molecular flexibility index (Phi) is 9.20. The molecule has 4 fully saturated rings. The van der Waals surface area contributed by atoms with Crippen molar-refractivity contribution in [2.45, 2.75) is 111 Å². The molecular weight excluding hydrogens is 420 g/mol. The molecule has 196 valence electrons. The van der Waals surface area contributed by atoms with E-state index in [4.69, 9.17) is 0 Å². The summed E-state index contributed by atoms with van der Waals surface area (Å²) in [6.07, 6.45) is 13.2. The number of carbonyl (C=O) groups excluding carboxylic acids is 1. The molecule has 4 rings (SSSR count). The van der Waals surface area contributed by atoms with Gasteiger partial charge in [-0.25, -0.2) is 0 Å². The average molecular weight is 475 g/mol. The monoisotopic (exact) mass is 474 g/mol. The Morgan fingerprint density at radius 1 is 1.09 bits per heavy atom. The topological polar surface area (TPSA) is 61.4 Å². The van der Waals surface area contributed by atoms with E-state index in [0.717, 1.165) is 36.3 Å². The van der Waals surface area contributed by atoms with Crippen LogP contribution in [0.5, 0.6) is 0 Å². The van der Waals surface area contributed by atoms with E-state index in [1.165, 1.54) is 51.4 Å². The molecule has 4 nitrogen and oxygen atoms in total. The first-order chi connectivity index (χ1) is 16.2. The zero-order valence-electron chi connectivity index (χ0n) is 23.1. The largest absolute Gasteiger partial charge is 0.393 e. The summed E-state index contributed by atoms with van der Waals surface area (Å²) in [5.41, 5.74) is 1.32. The number of hydrogen-bond acceptors (Lipinski definition) is 3. The Morgan fingerprint density at radius 2 is 1.82 bits per heavy atom. The Labute approximate surface area is 210 Å². The number of fused-ring (bicyclic) bond motifs is 5. The molecule has 4 heteroatoms. The number of aliphatic hydroxyl groups is 1. The highest BCUT2D eigenvalue weighted by Gasteiger charge is 2.63. The lowest BCUT2D eigenvalue weighted by atomic mass is 9.44. The smallest absolute Gasteiger partial charge is 0.220 e. The molecule has 1 amide bonds. The van der Waals surface area contributed by atoms with Crippen molar-refractivity contribution in [3.63, 3.8) is 0 Å². The van der Waals surface area contributed by atoms with Crippen LogP contribution in [0.2, 0.25) is 0 Å². The molecule has 0 aliphatic heterocycles. The van der Waals surface area contributed by atoms with Crippen molar-refractivity contribution in [1.29, 1.82) is 0 Å². The Bertz CT molecular complexity index is 708. The van der Waals surface area contributed by atoms with Gasteiger partial charge in [-0.2, -0.15) is 0 Å². The molecule has 4 aliphatic rings. The standard InChI is InChI=1S/C28H48N2O2.C2H6/c1-18(9-14-26(32)30-17-19(2)29-5)22-12-13-23-21-11-10-20-8-6-7-15-27(20,3)24(21)16-25(31)28(22,23)4;1-2/h18,20-25,29,31H,2,6-17H2,1,3-5H3,(H,30,32);1-2H3/t18-,20?,21?,22?,23?,24?,25+,27?,28?;/m1./s1. The third-order valence-electron chi connectivity index (χ3n) is 11.1. The quantitative estimate of drug-likeness (QED) is 0.406. The summed E-state index contributed by atoms with van der Waals surface area (Å²) in [4.78, 5) is 12.3. The fourth-order valence-corrected chi connectivity index (χ4v) is 9.16. The summed E-state index contributed by atoms with van der Waals surface area (Å²) in [5, 5.41) is 17.6. The molecule has 0 bridgehead atoms. The fraction of sp³-hybridized carbons (Fsp3) is 0.900. The molecule has 34 heavy (non-hydrogen) atoms. The number of amides is 1. The molecule has 9 atom stereocenters. The fourth-order valence-electron chi connectivity index (χ4n) is 9.16. The molecule has 4 aliphatic carbocycles. The van der Waals surface area contributed by atoms with Gasteiger partial charge in [-0.15, -0.1) is 0 Å². The van der Waals surface area contributed by atoms with Gasteiger partial charge in [0.25, 0.3) is 0 Å². The third kappa shape index (κ3) is 4.95. The van der Waals surface area contributed by atoms with Gasteiger partial charge in [-0.05, 0) is 97.7 Å². The van der Waals surface area contributed by atoms with Crippen LogP contribution in [0.4, 0.5) is 0 Å². The second kappa shape index (κ2) is 11.4. The van der Waals surface area contributed by atoms with Gasteiger partial charge in [0.1, 0.15) is 0 Å². The Morgan fingerprint density at radius 3 is 2.53 bits per heavy atom. The van der Waals surface area contributed by atoms with Crippen LogP contribution in [-0.2, 0) is 4.79 Å². The zero-order chi connectivity index (χ0) is 25.1. The normalized spacial score (nSPS) is 41.6. The minimum absolute atomic E-state index is 0.0232. The zero-order valence-corrected chi connectivity index (χ0v) is 23.1. The highest BCUT2D eigenvalue weighted by molar-refractivity contribution is 5.76. The van der Waals surface area contributed by atoms with Crippen molar-refractivity contribution in [3.05, 3.63) is 12.3 Å². The van der Waals surface area contributed by atoms with Gasteiger partial charge in [0.05, 0.1) is 12.6 Å². The second-order valence-corrected chi connectivity index (χ2v) is 12.4. The number of carbonyl (C=O) groups is 1. The molecule has 0 aromatic carbocycles. The van der Waals surface area contributed by atoms with Crippen LogP contribution in [0.25, 0.3) is 0 Å². The van der Waals surface area contributed by atoms with Gasteiger partial charge in [0.15, 0.2) is 0 Å². The maximum absolute atomic E-state index is 12.3. The van der Waals surface area contributed by atoms with Gasteiger partial charge >= 0.3 is 0 Å². The van der Waals surface area contributed by atoms with E-state index >= 15 is 0 Å². The van der Waals surface area contributed by atoms with Crippen molar-refractivity contribution in [2.75, 3.05) is 13.6 Å². The number of hydrogen-bond donors (Lipinski definition) is 3. The summed E-state index contributed by atoms with van der Waals surface area (Å²) in [7, 11) is 1.83. The lowest BCUT2D eigenvalue weighted by molar-refractivity contribution is -0.168. The van der Waals surface area contributed by atoms with Gasteiger partial charge in [0.2, 0.25) is 5.91 Å². The number of rotatable bonds is 7. The first-order valence-corrected chi connectivity index (χ1v) is 14.5. The van der Waals surface area contributed by atoms with Crippen LogP contribution in [0.1, 0.15) is 105 Å². The molecule has 0 aromatic rings. The van der Waals surface area contributed by atoms with Gasteiger partial charge in [0, 0.05) is 19.2 Å². The van der Waals surface area contributed by atoms with Crippen molar-refractivity contribution in [1.82, 2.24) is 10.6 Å². The van der Waals surface area contributed by atoms with Crippen molar-refractivity contribution >= 4 is 5.91 Å². The highest BCUT2D eigenvalue weighted by atomic mass is 16.3. The SMILES string of the molecule is C=C(CNC(=O)CC[C@@H](C)C1CCC2C3CCC4CCCCC4(C)C3C[C@H](O)C21C)NC.CC. The van der Waals surface area contributed by atoms with Gasteiger partial charge in [-0.1, -0.05) is 54.0 Å². The molecule has 3 N–H and O–H groups in total. The van der Waals surface area contributed by atoms with Crippen molar-refractivity contribution < 1.29 is 9.90 Å². The average Bonchev–Trinajstić information content (AvgIpc) is 3.21. The first-order valence-electron chi connectivity index (χ1n) is 14.5. The Balaban J connectivity index is 0.00000158. The second-order valence-electron chi connectivity index (χ2n) is 12.4. The van der Waals surface area contributed by atoms with E-state index in [2.05, 4.69) is 38.0 Å². The van der Waals surface area contributed by atoms with Gasteiger partial charge in [-0.3, -0.25) is 4.79 Å². The molecule has 0 spiro atoms. The van der Waals surface area contributed by atoms with Crippen LogP contribution >= 0.6 is 0 Å². The maximum atomic E-state index is 12.3. The maximum Gasteiger partial charge on any atom is 0.220 e. The minimum atomic E-state index is -0.186. The lowest BCUT2D eigenvalue weighted by Crippen LogP contribution is -2.58. The predicted octanol–water partition coefficient (Wildman–Crippen LogP) is 6.30. The molecule has 0 radical (unpaired) electrons. The number of aliphatic hydroxyl groups excluding tert-OH is 1. The van der Waals surface area contributed by atoms with Gasteiger partial charge < -0.3 is 15.7 Å². The van der Waals surface area contributed by atoms with Crippen LogP contribution in [0.15, 0.2) is 12.3 Å². The third-order valence-corrected chi connectivity index (χ3v) is 11.1.